The highest BCUT2D eigenvalue weighted by Gasteiger charge is 2.22. The van der Waals surface area contributed by atoms with E-state index in [1.807, 2.05) is 19.2 Å². The van der Waals surface area contributed by atoms with Crippen LogP contribution in [0.5, 0.6) is 0 Å². The smallest absolute Gasteiger partial charge is 0.267 e. The second-order valence-electron chi connectivity index (χ2n) is 5.81. The molecule has 146 valence electrons. The van der Waals surface area contributed by atoms with E-state index in [1.165, 1.54) is 15.6 Å². The fourth-order valence-corrected chi connectivity index (χ4v) is 4.90. The van der Waals surface area contributed by atoms with Crippen LogP contribution < -0.4 is 10.6 Å². The molecule has 1 aromatic heterocycles. The van der Waals surface area contributed by atoms with Crippen molar-refractivity contribution in [3.8, 4) is 0 Å². The molecule has 0 atom stereocenters. The Bertz CT molecular complexity index is 857. The fraction of sp³-hybridized carbons (Fsp3) is 0.333. The molecule has 0 unspecified atom stereocenters. The molecule has 27 heavy (non-hydrogen) atoms. The van der Waals surface area contributed by atoms with Crippen molar-refractivity contribution in [3.05, 3.63) is 46.7 Å². The number of thiocarbonyl (C=S) groups is 1. The maximum Gasteiger partial charge on any atom is 0.267 e. The molecule has 1 aromatic carbocycles. The molecule has 0 aliphatic carbocycles. The summed E-state index contributed by atoms with van der Waals surface area (Å²) in [7, 11) is -3.51. The molecule has 1 heterocycles. The van der Waals surface area contributed by atoms with Crippen molar-refractivity contribution in [2.75, 3.05) is 18.4 Å². The fourth-order valence-electron chi connectivity index (χ4n) is 2.45. The third kappa shape index (κ3) is 5.83. The molecule has 1 amide bonds. The number of nitrogens with zero attached hydrogens (tertiary/aromatic N) is 1. The predicted molar refractivity (Wildman–Crippen MR) is 114 cm³/mol. The van der Waals surface area contributed by atoms with Gasteiger partial charge in [-0.25, -0.2) is 8.42 Å². The van der Waals surface area contributed by atoms with E-state index < -0.39 is 10.0 Å². The lowest BCUT2D eigenvalue weighted by molar-refractivity contribution is 0.0981. The summed E-state index contributed by atoms with van der Waals surface area (Å²) >= 11 is 6.46. The Labute approximate surface area is 169 Å². The summed E-state index contributed by atoms with van der Waals surface area (Å²) in [6.45, 7) is 4.90. The third-order valence-electron chi connectivity index (χ3n) is 3.67. The van der Waals surface area contributed by atoms with Crippen LogP contribution in [0, 0.1) is 0 Å². The molecule has 0 saturated heterocycles. The summed E-state index contributed by atoms with van der Waals surface area (Å²) < 4.78 is 27.0. The molecule has 0 spiro atoms. The average Bonchev–Trinajstić information content (AvgIpc) is 3.16. The number of hydrogen-bond donors (Lipinski definition) is 2. The first-order chi connectivity index (χ1) is 12.9. The lowest BCUT2D eigenvalue weighted by Crippen LogP contribution is -2.34. The van der Waals surface area contributed by atoms with E-state index in [0.29, 0.717) is 23.7 Å². The van der Waals surface area contributed by atoms with Crippen molar-refractivity contribution in [1.82, 2.24) is 9.62 Å². The van der Waals surface area contributed by atoms with Crippen molar-refractivity contribution in [2.24, 2.45) is 0 Å². The lowest BCUT2D eigenvalue weighted by atomic mass is 10.3. The largest absolute Gasteiger partial charge is 0.332 e. The number of hydrogen-bond acceptors (Lipinski definition) is 5. The standard InChI is InChI=1S/C18H23N3O3S3/c1-3-11-21(12-4-2)27(23,24)15-9-7-14(8-10-15)19-18(25)20-17(22)16-6-5-13-26-16/h5-10,13H,3-4,11-12H2,1-2H3,(H2,19,20,22,25). The number of thiophene rings is 1. The first-order valence-corrected chi connectivity index (χ1v) is 11.4. The van der Waals surface area contributed by atoms with E-state index >= 15 is 0 Å². The number of nitrogens with one attached hydrogen (secondary N) is 2. The van der Waals surface area contributed by atoms with Gasteiger partial charge in [0.05, 0.1) is 9.77 Å². The molecule has 2 rings (SSSR count). The molecule has 0 bridgehead atoms. The van der Waals surface area contributed by atoms with Crippen LogP contribution >= 0.6 is 23.6 Å². The number of rotatable bonds is 8. The maximum absolute atomic E-state index is 12.7. The number of sulfonamides is 1. The van der Waals surface area contributed by atoms with Gasteiger partial charge >= 0.3 is 0 Å². The maximum atomic E-state index is 12.7. The zero-order valence-electron chi connectivity index (χ0n) is 15.3. The molecule has 0 fully saturated rings. The van der Waals surface area contributed by atoms with Crippen LogP contribution in [0.3, 0.4) is 0 Å². The predicted octanol–water partition coefficient (Wildman–Crippen LogP) is 3.69. The Morgan fingerprint density at radius 1 is 1.11 bits per heavy atom. The molecule has 0 saturated carbocycles. The first kappa shape index (κ1) is 21.5. The van der Waals surface area contributed by atoms with Crippen LogP contribution in [0.4, 0.5) is 5.69 Å². The number of carbonyl (C=O) groups is 1. The molecule has 6 nitrogen and oxygen atoms in total. The lowest BCUT2D eigenvalue weighted by Gasteiger charge is -2.21. The highest BCUT2D eigenvalue weighted by Crippen LogP contribution is 2.19. The zero-order chi connectivity index (χ0) is 19.9. The van der Waals surface area contributed by atoms with E-state index in [-0.39, 0.29) is 15.9 Å². The van der Waals surface area contributed by atoms with Crippen molar-refractivity contribution in [1.29, 1.82) is 0 Å². The molecule has 0 aliphatic rings. The van der Waals surface area contributed by atoms with Crippen molar-refractivity contribution in [2.45, 2.75) is 31.6 Å². The van der Waals surface area contributed by atoms with E-state index in [2.05, 4.69) is 10.6 Å². The average molecular weight is 426 g/mol. The van der Waals surface area contributed by atoms with Gasteiger partial charge in [-0.1, -0.05) is 19.9 Å². The number of carbonyl (C=O) groups excluding carboxylic acids is 1. The van der Waals surface area contributed by atoms with Gasteiger partial charge in [-0.3, -0.25) is 10.1 Å². The monoisotopic (exact) mass is 425 g/mol. The second kappa shape index (κ2) is 9.93. The Morgan fingerprint density at radius 3 is 2.26 bits per heavy atom. The Kier molecular flexibility index (Phi) is 7.91. The SMILES string of the molecule is CCCN(CCC)S(=O)(=O)c1ccc(NC(=S)NC(=O)c2cccs2)cc1. The van der Waals surface area contributed by atoms with Gasteiger partial charge in [0, 0.05) is 18.8 Å². The van der Waals surface area contributed by atoms with E-state index in [9.17, 15) is 13.2 Å². The first-order valence-electron chi connectivity index (χ1n) is 8.64. The second-order valence-corrected chi connectivity index (χ2v) is 9.11. The van der Waals surface area contributed by atoms with Crippen molar-refractivity contribution < 1.29 is 13.2 Å². The third-order valence-corrected chi connectivity index (χ3v) is 6.65. The van der Waals surface area contributed by atoms with Crippen LogP contribution in [-0.2, 0) is 10.0 Å². The number of anilines is 1. The molecular weight excluding hydrogens is 402 g/mol. The molecular formula is C18H23N3O3S3. The minimum atomic E-state index is -3.51. The molecule has 0 aliphatic heterocycles. The summed E-state index contributed by atoms with van der Waals surface area (Å²) in [6.07, 6.45) is 1.52. The summed E-state index contributed by atoms with van der Waals surface area (Å²) in [5, 5.41) is 7.45. The summed E-state index contributed by atoms with van der Waals surface area (Å²) in [4.78, 5) is 12.8. The zero-order valence-corrected chi connectivity index (χ0v) is 17.7. The molecule has 2 aromatic rings. The van der Waals surface area contributed by atoms with Crippen LogP contribution in [0.25, 0.3) is 0 Å². The van der Waals surface area contributed by atoms with Gasteiger partial charge in [0.2, 0.25) is 10.0 Å². The van der Waals surface area contributed by atoms with Crippen LogP contribution in [0.2, 0.25) is 0 Å². The summed E-state index contributed by atoms with van der Waals surface area (Å²) in [6, 6.07) is 9.84. The topological polar surface area (TPSA) is 78.5 Å². The Hall–Kier alpha value is -1.81. The van der Waals surface area contributed by atoms with E-state index in [1.54, 1.807) is 36.4 Å². The summed E-state index contributed by atoms with van der Waals surface area (Å²) in [5.41, 5.74) is 0.600. The minimum Gasteiger partial charge on any atom is -0.332 e. The van der Waals surface area contributed by atoms with Gasteiger partial charge in [-0.2, -0.15) is 4.31 Å². The van der Waals surface area contributed by atoms with Gasteiger partial charge in [0.1, 0.15) is 0 Å². The van der Waals surface area contributed by atoms with E-state index in [4.69, 9.17) is 12.2 Å². The van der Waals surface area contributed by atoms with Gasteiger partial charge in [-0.05, 0) is 60.8 Å². The Balaban J connectivity index is 2.03. The summed E-state index contributed by atoms with van der Waals surface area (Å²) in [5.74, 6) is -0.281. The molecule has 9 heteroatoms. The highest BCUT2D eigenvalue weighted by atomic mass is 32.2. The van der Waals surface area contributed by atoms with Gasteiger partial charge < -0.3 is 5.32 Å². The Morgan fingerprint density at radius 2 is 1.74 bits per heavy atom. The van der Waals surface area contributed by atoms with Crippen molar-refractivity contribution in [3.63, 3.8) is 0 Å². The minimum absolute atomic E-state index is 0.155. The normalized spacial score (nSPS) is 11.4. The quantitative estimate of drug-likeness (QED) is 0.631. The highest BCUT2D eigenvalue weighted by molar-refractivity contribution is 7.89. The van der Waals surface area contributed by atoms with Crippen molar-refractivity contribution >= 4 is 50.3 Å². The van der Waals surface area contributed by atoms with Gasteiger partial charge in [0.25, 0.3) is 5.91 Å². The van der Waals surface area contributed by atoms with Gasteiger partial charge in [-0.15, -0.1) is 11.3 Å². The molecule has 2 N–H and O–H groups in total. The van der Waals surface area contributed by atoms with E-state index in [0.717, 1.165) is 12.8 Å². The van der Waals surface area contributed by atoms with Crippen LogP contribution in [0.15, 0.2) is 46.7 Å². The van der Waals surface area contributed by atoms with Crippen LogP contribution in [0.1, 0.15) is 36.4 Å². The van der Waals surface area contributed by atoms with Gasteiger partial charge in [0.15, 0.2) is 5.11 Å². The van der Waals surface area contributed by atoms with Crippen LogP contribution in [-0.4, -0.2) is 36.8 Å². The number of benzene rings is 1. The number of amides is 1. The molecule has 0 radical (unpaired) electrons.